The fourth-order valence-electron chi connectivity index (χ4n) is 2.63. The highest BCUT2D eigenvalue weighted by Crippen LogP contribution is 2.27. The summed E-state index contributed by atoms with van der Waals surface area (Å²) < 4.78 is 10.4. The molecule has 0 fully saturated rings. The molecule has 3 aromatic rings. The van der Waals surface area contributed by atoms with Crippen molar-refractivity contribution < 1.29 is 19.1 Å². The fourth-order valence-corrected chi connectivity index (χ4v) is 2.63. The lowest BCUT2D eigenvalue weighted by molar-refractivity contribution is -0.136. The molecule has 0 atom stereocenters. The van der Waals surface area contributed by atoms with Gasteiger partial charge >= 0.3 is 11.8 Å². The van der Waals surface area contributed by atoms with E-state index in [1.165, 1.54) is 7.11 Å². The number of anilines is 1. The summed E-state index contributed by atoms with van der Waals surface area (Å²) in [5, 5.41) is 6.07. The Morgan fingerprint density at radius 1 is 1.00 bits per heavy atom. The average molecular weight is 353 g/mol. The van der Waals surface area contributed by atoms with Crippen molar-refractivity contribution in [3.63, 3.8) is 0 Å². The van der Waals surface area contributed by atoms with Crippen LogP contribution in [0.1, 0.15) is 5.56 Å². The molecule has 0 saturated heterocycles. The number of hydrogen-bond donors (Lipinski definition) is 3. The van der Waals surface area contributed by atoms with Crippen LogP contribution in [0, 0.1) is 0 Å². The molecule has 0 radical (unpaired) electrons. The molecule has 0 bridgehead atoms. The first-order valence-corrected chi connectivity index (χ1v) is 7.98. The zero-order valence-electron chi connectivity index (χ0n) is 14.5. The third kappa shape index (κ3) is 3.61. The topological polar surface area (TPSA) is 92.5 Å². The molecule has 1 aromatic heterocycles. The van der Waals surface area contributed by atoms with Crippen LogP contribution >= 0.6 is 0 Å². The summed E-state index contributed by atoms with van der Waals surface area (Å²) in [7, 11) is 3.09. The van der Waals surface area contributed by atoms with Gasteiger partial charge in [0.2, 0.25) is 0 Å². The van der Waals surface area contributed by atoms with Crippen molar-refractivity contribution in [2.75, 3.05) is 19.5 Å². The molecule has 7 nitrogen and oxygen atoms in total. The molecular weight excluding hydrogens is 334 g/mol. The van der Waals surface area contributed by atoms with Gasteiger partial charge in [0.1, 0.15) is 0 Å². The van der Waals surface area contributed by atoms with Gasteiger partial charge in [0.15, 0.2) is 11.5 Å². The summed E-state index contributed by atoms with van der Waals surface area (Å²) in [6.07, 6.45) is 1.78. The number of rotatable bonds is 5. The van der Waals surface area contributed by atoms with Crippen molar-refractivity contribution in [3.8, 4) is 11.5 Å². The van der Waals surface area contributed by atoms with Crippen LogP contribution in [0.5, 0.6) is 11.5 Å². The van der Waals surface area contributed by atoms with Gasteiger partial charge in [0, 0.05) is 23.6 Å². The second-order valence-electron chi connectivity index (χ2n) is 5.57. The molecule has 134 valence electrons. The molecule has 7 heteroatoms. The number of ether oxygens (including phenoxy) is 2. The first kappa shape index (κ1) is 17.3. The molecule has 0 aliphatic rings. The van der Waals surface area contributed by atoms with E-state index in [0.717, 1.165) is 16.5 Å². The van der Waals surface area contributed by atoms with E-state index in [9.17, 15) is 9.59 Å². The summed E-state index contributed by atoms with van der Waals surface area (Å²) in [5.41, 5.74) is 2.25. The van der Waals surface area contributed by atoms with Gasteiger partial charge in [0.05, 0.1) is 19.9 Å². The third-order valence-corrected chi connectivity index (χ3v) is 3.95. The van der Waals surface area contributed by atoms with Gasteiger partial charge in [-0.25, -0.2) is 0 Å². The number of carbonyl (C=O) groups is 2. The third-order valence-electron chi connectivity index (χ3n) is 3.95. The molecule has 26 heavy (non-hydrogen) atoms. The zero-order chi connectivity index (χ0) is 18.5. The Hall–Kier alpha value is -3.48. The van der Waals surface area contributed by atoms with Gasteiger partial charge in [-0.05, 0) is 35.9 Å². The van der Waals surface area contributed by atoms with Crippen LogP contribution in [0.4, 0.5) is 5.69 Å². The number of hydrogen-bond acceptors (Lipinski definition) is 4. The molecule has 0 aliphatic heterocycles. The maximum Gasteiger partial charge on any atom is 0.313 e. The van der Waals surface area contributed by atoms with Crippen molar-refractivity contribution in [3.05, 3.63) is 54.2 Å². The molecule has 2 aromatic carbocycles. The lowest BCUT2D eigenvalue weighted by Crippen LogP contribution is -2.35. The van der Waals surface area contributed by atoms with Gasteiger partial charge in [-0.1, -0.05) is 12.1 Å². The van der Waals surface area contributed by atoms with Crippen LogP contribution < -0.4 is 20.1 Å². The Morgan fingerprint density at radius 2 is 1.81 bits per heavy atom. The highest BCUT2D eigenvalue weighted by Gasteiger charge is 2.15. The molecule has 3 rings (SSSR count). The lowest BCUT2D eigenvalue weighted by atomic mass is 10.2. The van der Waals surface area contributed by atoms with E-state index in [1.54, 1.807) is 43.6 Å². The zero-order valence-corrected chi connectivity index (χ0v) is 14.5. The summed E-state index contributed by atoms with van der Waals surface area (Å²) in [6, 6.07) is 12.6. The van der Waals surface area contributed by atoms with Gasteiger partial charge in [-0.15, -0.1) is 0 Å². The normalized spacial score (nSPS) is 10.4. The van der Waals surface area contributed by atoms with Gasteiger partial charge in [0.25, 0.3) is 0 Å². The predicted octanol–water partition coefficient (Wildman–Crippen LogP) is 2.44. The molecule has 3 N–H and O–H groups in total. The smallest absolute Gasteiger partial charge is 0.313 e. The SMILES string of the molecule is COc1ccc(CNC(=O)C(=O)Nc2cccc3[nH]ccc23)cc1OC. The van der Waals surface area contributed by atoms with E-state index in [-0.39, 0.29) is 6.54 Å². The van der Waals surface area contributed by atoms with Crippen molar-refractivity contribution in [2.24, 2.45) is 0 Å². The number of amides is 2. The van der Waals surface area contributed by atoms with Crippen LogP contribution in [-0.2, 0) is 16.1 Å². The van der Waals surface area contributed by atoms with Crippen LogP contribution in [0.15, 0.2) is 48.7 Å². The number of nitrogens with one attached hydrogen (secondary N) is 3. The summed E-state index contributed by atoms with van der Waals surface area (Å²) >= 11 is 0. The quantitative estimate of drug-likeness (QED) is 0.614. The molecule has 0 unspecified atom stereocenters. The summed E-state index contributed by atoms with van der Waals surface area (Å²) in [4.78, 5) is 27.3. The molecule has 2 amide bonds. The van der Waals surface area contributed by atoms with E-state index in [4.69, 9.17) is 9.47 Å². The summed E-state index contributed by atoms with van der Waals surface area (Å²) in [6.45, 7) is 0.195. The first-order chi connectivity index (χ1) is 12.6. The maximum absolute atomic E-state index is 12.1. The number of aromatic amines is 1. The number of fused-ring (bicyclic) bond motifs is 1. The van der Waals surface area contributed by atoms with Gasteiger partial charge in [-0.3, -0.25) is 9.59 Å². The molecule has 0 aliphatic carbocycles. The van der Waals surface area contributed by atoms with Crippen molar-refractivity contribution in [2.45, 2.75) is 6.54 Å². The minimum Gasteiger partial charge on any atom is -0.493 e. The van der Waals surface area contributed by atoms with Crippen molar-refractivity contribution in [1.29, 1.82) is 0 Å². The van der Waals surface area contributed by atoms with E-state index >= 15 is 0 Å². The minimum absolute atomic E-state index is 0.195. The number of methoxy groups -OCH3 is 2. The van der Waals surface area contributed by atoms with Crippen LogP contribution in [-0.4, -0.2) is 31.0 Å². The van der Waals surface area contributed by atoms with E-state index in [0.29, 0.717) is 17.2 Å². The van der Waals surface area contributed by atoms with E-state index in [1.807, 2.05) is 12.1 Å². The standard InChI is InChI=1S/C19H19N3O4/c1-25-16-7-6-12(10-17(16)26-2)11-21-18(23)19(24)22-15-5-3-4-14-13(15)8-9-20-14/h3-10,20H,11H2,1-2H3,(H,21,23)(H,22,24). The largest absolute Gasteiger partial charge is 0.493 e. The molecule has 0 spiro atoms. The number of aromatic nitrogens is 1. The Bertz CT molecular complexity index is 949. The average Bonchev–Trinajstić information content (AvgIpc) is 3.15. The second-order valence-corrected chi connectivity index (χ2v) is 5.57. The number of H-pyrrole nitrogens is 1. The van der Waals surface area contributed by atoms with Gasteiger partial charge in [-0.2, -0.15) is 0 Å². The van der Waals surface area contributed by atoms with Crippen LogP contribution in [0.2, 0.25) is 0 Å². The Kier molecular flexibility index (Phi) is 5.07. The van der Waals surface area contributed by atoms with Crippen molar-refractivity contribution >= 4 is 28.4 Å². The monoisotopic (exact) mass is 353 g/mol. The molecular formula is C19H19N3O4. The fraction of sp³-hybridized carbons (Fsp3) is 0.158. The maximum atomic E-state index is 12.1. The minimum atomic E-state index is -0.723. The van der Waals surface area contributed by atoms with Crippen LogP contribution in [0.25, 0.3) is 10.9 Å². The Balaban J connectivity index is 1.63. The van der Waals surface area contributed by atoms with Crippen LogP contribution in [0.3, 0.4) is 0 Å². The van der Waals surface area contributed by atoms with E-state index in [2.05, 4.69) is 15.6 Å². The number of benzene rings is 2. The molecule has 0 saturated carbocycles. The number of carbonyl (C=O) groups excluding carboxylic acids is 2. The Labute approximate surface area is 150 Å². The molecule has 1 heterocycles. The van der Waals surface area contributed by atoms with Crippen molar-refractivity contribution in [1.82, 2.24) is 10.3 Å². The highest BCUT2D eigenvalue weighted by molar-refractivity contribution is 6.40. The Morgan fingerprint density at radius 3 is 2.58 bits per heavy atom. The second kappa shape index (κ2) is 7.60. The first-order valence-electron chi connectivity index (χ1n) is 7.98. The predicted molar refractivity (Wildman–Crippen MR) is 98.3 cm³/mol. The van der Waals surface area contributed by atoms with E-state index < -0.39 is 11.8 Å². The van der Waals surface area contributed by atoms with Gasteiger partial charge < -0.3 is 25.1 Å². The summed E-state index contributed by atoms with van der Waals surface area (Å²) in [5.74, 6) is -0.283. The lowest BCUT2D eigenvalue weighted by Gasteiger charge is -2.10. The highest BCUT2D eigenvalue weighted by atomic mass is 16.5.